The number of aryl methyl sites for hydroxylation is 1. The second-order valence-electron chi connectivity index (χ2n) is 7.11. The molecule has 3 rings (SSSR count). The number of piperazine rings is 1. The van der Waals surface area contributed by atoms with Gasteiger partial charge in [-0.25, -0.2) is 9.37 Å². The van der Waals surface area contributed by atoms with Gasteiger partial charge in [0.05, 0.1) is 11.6 Å². The van der Waals surface area contributed by atoms with Crippen LogP contribution in [0.3, 0.4) is 0 Å². The quantitative estimate of drug-likeness (QED) is 0.303. The molecule has 1 saturated heterocycles. The first-order valence-electron chi connectivity index (χ1n) is 10.3. The van der Waals surface area contributed by atoms with Crippen molar-refractivity contribution < 1.29 is 4.39 Å². The summed E-state index contributed by atoms with van der Waals surface area (Å²) >= 11 is 1.75. The highest BCUT2D eigenvalue weighted by atomic mass is 127. The number of aromatic nitrogens is 1. The summed E-state index contributed by atoms with van der Waals surface area (Å²) in [6, 6.07) is 6.77. The summed E-state index contributed by atoms with van der Waals surface area (Å²) in [7, 11) is 0. The lowest BCUT2D eigenvalue weighted by Crippen LogP contribution is -2.47. The molecule has 2 N–H and O–H groups in total. The van der Waals surface area contributed by atoms with Gasteiger partial charge in [0.15, 0.2) is 5.96 Å². The third-order valence-electron chi connectivity index (χ3n) is 4.89. The van der Waals surface area contributed by atoms with Crippen molar-refractivity contribution in [1.82, 2.24) is 20.5 Å². The fourth-order valence-corrected chi connectivity index (χ4v) is 4.12. The fraction of sp³-hybridized carbons (Fsp3) is 0.524. The van der Waals surface area contributed by atoms with Gasteiger partial charge < -0.3 is 15.5 Å². The first kappa shape index (κ1) is 24.8. The lowest BCUT2D eigenvalue weighted by molar-refractivity contribution is 0.265. The minimum absolute atomic E-state index is 0. The van der Waals surface area contributed by atoms with E-state index in [0.29, 0.717) is 0 Å². The summed E-state index contributed by atoms with van der Waals surface area (Å²) in [4.78, 5) is 15.1. The van der Waals surface area contributed by atoms with Crippen molar-refractivity contribution in [2.24, 2.45) is 4.99 Å². The van der Waals surface area contributed by atoms with Gasteiger partial charge in [-0.2, -0.15) is 0 Å². The van der Waals surface area contributed by atoms with Crippen molar-refractivity contribution in [3.05, 3.63) is 46.2 Å². The smallest absolute Gasteiger partial charge is 0.191 e. The van der Waals surface area contributed by atoms with Gasteiger partial charge in [0, 0.05) is 69.0 Å². The second-order valence-corrected chi connectivity index (χ2v) is 8.43. The molecule has 0 spiro atoms. The zero-order chi connectivity index (χ0) is 20.5. The fourth-order valence-electron chi connectivity index (χ4n) is 3.33. The number of aliphatic imine (C=N–C) groups is 1. The maximum atomic E-state index is 13.1. The molecule has 0 atom stereocenters. The third-order valence-corrected chi connectivity index (χ3v) is 5.87. The van der Waals surface area contributed by atoms with E-state index < -0.39 is 0 Å². The highest BCUT2D eigenvalue weighted by molar-refractivity contribution is 14.0. The van der Waals surface area contributed by atoms with E-state index in [1.54, 1.807) is 11.3 Å². The van der Waals surface area contributed by atoms with E-state index in [1.165, 1.54) is 17.0 Å². The van der Waals surface area contributed by atoms with Crippen LogP contribution in [0.2, 0.25) is 0 Å². The van der Waals surface area contributed by atoms with Crippen molar-refractivity contribution in [2.75, 3.05) is 57.3 Å². The summed E-state index contributed by atoms with van der Waals surface area (Å²) in [6.07, 6.45) is 2.84. The monoisotopic (exact) mass is 546 g/mol. The lowest BCUT2D eigenvalue weighted by Gasteiger charge is -2.35. The van der Waals surface area contributed by atoms with Crippen molar-refractivity contribution in [2.45, 2.75) is 20.3 Å². The number of halogens is 2. The zero-order valence-corrected chi connectivity index (χ0v) is 20.9. The van der Waals surface area contributed by atoms with Crippen molar-refractivity contribution >= 4 is 47.0 Å². The van der Waals surface area contributed by atoms with Crippen LogP contribution in [0.1, 0.15) is 16.8 Å². The van der Waals surface area contributed by atoms with Crippen LogP contribution < -0.4 is 15.5 Å². The van der Waals surface area contributed by atoms with Crippen molar-refractivity contribution in [3.8, 4) is 0 Å². The standard InChI is InChI=1S/C21H31FN6S.HI/c1-3-23-21(24-9-8-20-26-16-17(2)29-20)25-10-11-27-12-14-28(15-13-27)19-6-4-18(22)5-7-19;/h4-7,16H,3,8-15H2,1-2H3,(H2,23,24,25);1H. The number of nitrogens with zero attached hydrogens (tertiary/aromatic N) is 4. The molecule has 166 valence electrons. The highest BCUT2D eigenvalue weighted by Gasteiger charge is 2.16. The van der Waals surface area contributed by atoms with Crippen LogP contribution in [-0.2, 0) is 6.42 Å². The molecule has 0 amide bonds. The van der Waals surface area contributed by atoms with Crippen molar-refractivity contribution in [1.29, 1.82) is 0 Å². The Morgan fingerprint density at radius 2 is 1.90 bits per heavy atom. The van der Waals surface area contributed by atoms with E-state index in [0.717, 1.165) is 75.4 Å². The molecule has 0 bridgehead atoms. The predicted molar refractivity (Wildman–Crippen MR) is 135 cm³/mol. The Morgan fingerprint density at radius 1 is 1.17 bits per heavy atom. The van der Waals surface area contributed by atoms with Gasteiger partial charge in [-0.3, -0.25) is 9.89 Å². The van der Waals surface area contributed by atoms with Gasteiger partial charge in [0.1, 0.15) is 5.82 Å². The van der Waals surface area contributed by atoms with Crippen molar-refractivity contribution in [3.63, 3.8) is 0 Å². The van der Waals surface area contributed by atoms with E-state index in [-0.39, 0.29) is 29.8 Å². The number of nitrogens with one attached hydrogen (secondary N) is 2. The molecule has 2 heterocycles. The average Bonchev–Trinajstić information content (AvgIpc) is 3.14. The van der Waals surface area contributed by atoms with Crippen LogP contribution in [0.5, 0.6) is 0 Å². The Kier molecular flexibility index (Phi) is 10.8. The molecule has 0 radical (unpaired) electrons. The molecular formula is C21H32FIN6S. The molecule has 1 fully saturated rings. The molecule has 0 unspecified atom stereocenters. The minimum Gasteiger partial charge on any atom is -0.369 e. The summed E-state index contributed by atoms with van der Waals surface area (Å²) in [5.41, 5.74) is 1.10. The molecule has 1 aromatic carbocycles. The number of anilines is 1. The molecule has 0 saturated carbocycles. The van der Waals surface area contributed by atoms with E-state index >= 15 is 0 Å². The van der Waals surface area contributed by atoms with E-state index in [4.69, 9.17) is 4.99 Å². The normalized spacial score (nSPS) is 15.0. The number of benzene rings is 1. The van der Waals surface area contributed by atoms with Gasteiger partial charge >= 0.3 is 0 Å². The Morgan fingerprint density at radius 3 is 2.53 bits per heavy atom. The maximum absolute atomic E-state index is 13.1. The van der Waals surface area contributed by atoms with Crippen LogP contribution in [0.4, 0.5) is 10.1 Å². The van der Waals surface area contributed by atoms with Gasteiger partial charge in [-0.1, -0.05) is 0 Å². The van der Waals surface area contributed by atoms with E-state index in [9.17, 15) is 4.39 Å². The average molecular weight is 546 g/mol. The Labute approximate surface area is 200 Å². The van der Waals surface area contributed by atoms with Crippen LogP contribution in [0, 0.1) is 12.7 Å². The first-order chi connectivity index (χ1) is 14.1. The summed E-state index contributed by atoms with van der Waals surface area (Å²) in [6.45, 7) is 11.5. The molecule has 1 aliphatic heterocycles. The van der Waals surface area contributed by atoms with E-state index in [2.05, 4.69) is 39.3 Å². The highest BCUT2D eigenvalue weighted by Crippen LogP contribution is 2.16. The number of hydrogen-bond donors (Lipinski definition) is 2. The second kappa shape index (κ2) is 13.1. The summed E-state index contributed by atoms with van der Waals surface area (Å²) in [5.74, 6) is 0.683. The van der Waals surface area contributed by atoms with Gasteiger partial charge in [0.2, 0.25) is 0 Å². The molecule has 0 aliphatic carbocycles. The molecule has 2 aromatic rings. The summed E-state index contributed by atoms with van der Waals surface area (Å²) < 4.78 is 13.1. The molecular weight excluding hydrogens is 514 g/mol. The van der Waals surface area contributed by atoms with Crippen LogP contribution in [0.15, 0.2) is 35.5 Å². The molecule has 1 aliphatic rings. The maximum Gasteiger partial charge on any atom is 0.191 e. The van der Waals surface area contributed by atoms with E-state index in [1.807, 2.05) is 18.3 Å². The number of guanidine groups is 1. The first-order valence-corrected chi connectivity index (χ1v) is 11.1. The van der Waals surface area contributed by atoms with Crippen LogP contribution in [0.25, 0.3) is 0 Å². The lowest BCUT2D eigenvalue weighted by atomic mass is 10.2. The van der Waals surface area contributed by atoms with Crippen LogP contribution in [-0.4, -0.2) is 68.2 Å². The number of rotatable bonds is 8. The Bertz CT molecular complexity index is 774. The molecule has 30 heavy (non-hydrogen) atoms. The Balaban J connectivity index is 0.00000320. The van der Waals surface area contributed by atoms with Crippen LogP contribution >= 0.6 is 35.3 Å². The minimum atomic E-state index is -0.183. The SMILES string of the molecule is CCNC(=NCCN1CCN(c2ccc(F)cc2)CC1)NCCc1ncc(C)s1.I. The van der Waals surface area contributed by atoms with Gasteiger partial charge in [-0.15, -0.1) is 35.3 Å². The van der Waals surface area contributed by atoms with Gasteiger partial charge in [0.25, 0.3) is 0 Å². The third kappa shape index (κ3) is 7.99. The Hall–Kier alpha value is -1.46. The largest absolute Gasteiger partial charge is 0.369 e. The summed E-state index contributed by atoms with van der Waals surface area (Å²) in [5, 5.41) is 7.86. The number of thiazole rings is 1. The topological polar surface area (TPSA) is 55.8 Å². The predicted octanol–water partition coefficient (Wildman–Crippen LogP) is 3.13. The zero-order valence-electron chi connectivity index (χ0n) is 17.7. The molecule has 1 aromatic heterocycles. The molecule has 6 nitrogen and oxygen atoms in total. The molecule has 9 heteroatoms. The number of hydrogen-bond acceptors (Lipinski definition) is 5. The van der Waals surface area contributed by atoms with Gasteiger partial charge in [-0.05, 0) is 38.1 Å².